The molecule has 2 aromatic carbocycles. The Bertz CT molecular complexity index is 573. The predicted octanol–water partition coefficient (Wildman–Crippen LogP) is 3.19. The second-order valence-corrected chi connectivity index (χ2v) is 5.88. The molecule has 0 aliphatic heterocycles. The predicted molar refractivity (Wildman–Crippen MR) is 76.9 cm³/mol. The van der Waals surface area contributed by atoms with Crippen molar-refractivity contribution < 1.29 is 4.21 Å². The maximum absolute atomic E-state index is 12.3. The first kappa shape index (κ1) is 12.8. The Hall–Kier alpha value is -1.61. The van der Waals surface area contributed by atoms with Crippen LogP contribution in [0.5, 0.6) is 0 Å². The number of benzene rings is 2. The lowest BCUT2D eigenvalue weighted by Crippen LogP contribution is -2.01. The van der Waals surface area contributed by atoms with Crippen LogP contribution >= 0.6 is 0 Å². The van der Waals surface area contributed by atoms with Crippen molar-refractivity contribution in [3.05, 3.63) is 59.2 Å². The molecule has 0 fully saturated rings. The van der Waals surface area contributed by atoms with Crippen LogP contribution in [0.15, 0.2) is 47.4 Å². The van der Waals surface area contributed by atoms with Crippen LogP contribution in [0.3, 0.4) is 0 Å². The van der Waals surface area contributed by atoms with Gasteiger partial charge in [0.25, 0.3) is 0 Å². The Morgan fingerprint density at radius 3 is 2.28 bits per heavy atom. The average Bonchev–Trinajstić information content (AvgIpc) is 2.34. The first-order chi connectivity index (χ1) is 8.58. The third-order valence-electron chi connectivity index (χ3n) is 3.04. The van der Waals surface area contributed by atoms with Gasteiger partial charge in [0.2, 0.25) is 0 Å². The standard InChI is InChI=1S/C15H17NOS/c1-11-5-3-6-12(2)15(11)10-18(17)14-8-4-7-13(16)9-14/h3-9H,10,16H2,1-2H3. The number of aryl methyl sites for hydroxylation is 2. The van der Waals surface area contributed by atoms with E-state index >= 15 is 0 Å². The van der Waals surface area contributed by atoms with Crippen LogP contribution in [0.2, 0.25) is 0 Å². The van der Waals surface area contributed by atoms with Gasteiger partial charge in [-0.2, -0.15) is 0 Å². The quantitative estimate of drug-likeness (QED) is 0.860. The molecule has 1 atom stereocenters. The van der Waals surface area contributed by atoms with Crippen LogP contribution in [0.4, 0.5) is 5.69 Å². The third-order valence-corrected chi connectivity index (χ3v) is 4.37. The summed E-state index contributed by atoms with van der Waals surface area (Å²) in [6.07, 6.45) is 0. The molecule has 0 bridgehead atoms. The molecule has 0 saturated carbocycles. The van der Waals surface area contributed by atoms with Gasteiger partial charge >= 0.3 is 0 Å². The van der Waals surface area contributed by atoms with E-state index in [1.807, 2.05) is 18.2 Å². The zero-order valence-corrected chi connectivity index (χ0v) is 11.5. The molecule has 1 unspecified atom stereocenters. The van der Waals surface area contributed by atoms with E-state index in [1.165, 1.54) is 16.7 Å². The van der Waals surface area contributed by atoms with Crippen LogP contribution in [-0.4, -0.2) is 4.21 Å². The van der Waals surface area contributed by atoms with Crippen molar-refractivity contribution in [3.63, 3.8) is 0 Å². The van der Waals surface area contributed by atoms with Gasteiger partial charge < -0.3 is 5.73 Å². The van der Waals surface area contributed by atoms with Gasteiger partial charge in [-0.3, -0.25) is 4.21 Å². The summed E-state index contributed by atoms with van der Waals surface area (Å²) >= 11 is 0. The lowest BCUT2D eigenvalue weighted by Gasteiger charge is -2.09. The summed E-state index contributed by atoms with van der Waals surface area (Å²) in [6, 6.07) is 13.4. The number of nitrogen functional groups attached to an aromatic ring is 1. The van der Waals surface area contributed by atoms with Crippen LogP contribution in [-0.2, 0) is 16.6 Å². The molecule has 0 saturated heterocycles. The summed E-state index contributed by atoms with van der Waals surface area (Å²) in [5.41, 5.74) is 9.91. The molecule has 0 aromatic heterocycles. The van der Waals surface area contributed by atoms with Gasteiger partial charge in [0.05, 0.1) is 16.6 Å². The van der Waals surface area contributed by atoms with Crippen LogP contribution in [0.1, 0.15) is 16.7 Å². The smallest absolute Gasteiger partial charge is 0.0575 e. The van der Waals surface area contributed by atoms with E-state index in [0.29, 0.717) is 11.4 Å². The fourth-order valence-electron chi connectivity index (χ4n) is 1.95. The molecule has 0 spiro atoms. The first-order valence-corrected chi connectivity index (χ1v) is 7.19. The minimum atomic E-state index is -1.05. The summed E-state index contributed by atoms with van der Waals surface area (Å²) in [5.74, 6) is 0.544. The van der Waals surface area contributed by atoms with Gasteiger partial charge in [-0.15, -0.1) is 0 Å². The molecule has 94 valence electrons. The Morgan fingerprint density at radius 1 is 1.06 bits per heavy atom. The number of anilines is 1. The molecular formula is C15H17NOS. The van der Waals surface area contributed by atoms with E-state index in [1.54, 1.807) is 12.1 Å². The van der Waals surface area contributed by atoms with Gasteiger partial charge in [0, 0.05) is 10.6 Å². The molecule has 2 rings (SSSR count). The van der Waals surface area contributed by atoms with E-state index in [4.69, 9.17) is 5.73 Å². The van der Waals surface area contributed by atoms with E-state index in [2.05, 4.69) is 26.0 Å². The zero-order chi connectivity index (χ0) is 13.1. The van der Waals surface area contributed by atoms with Crippen molar-refractivity contribution in [2.24, 2.45) is 0 Å². The van der Waals surface area contributed by atoms with Gasteiger partial charge in [-0.1, -0.05) is 24.3 Å². The van der Waals surface area contributed by atoms with E-state index in [-0.39, 0.29) is 0 Å². The highest BCUT2D eigenvalue weighted by Gasteiger charge is 2.09. The minimum absolute atomic E-state index is 0.544. The number of nitrogens with two attached hydrogens (primary N) is 1. The minimum Gasteiger partial charge on any atom is -0.399 e. The fraction of sp³-hybridized carbons (Fsp3) is 0.200. The monoisotopic (exact) mass is 259 g/mol. The van der Waals surface area contributed by atoms with Gasteiger partial charge in [0.1, 0.15) is 0 Å². The van der Waals surface area contributed by atoms with Gasteiger partial charge in [-0.25, -0.2) is 0 Å². The molecule has 0 aliphatic carbocycles. The Labute approximate surface area is 110 Å². The highest BCUT2D eigenvalue weighted by molar-refractivity contribution is 7.84. The summed E-state index contributed by atoms with van der Waals surface area (Å²) in [6.45, 7) is 4.11. The van der Waals surface area contributed by atoms with E-state index in [9.17, 15) is 4.21 Å². The molecule has 0 radical (unpaired) electrons. The summed E-state index contributed by atoms with van der Waals surface area (Å²) < 4.78 is 12.3. The second-order valence-electron chi connectivity index (χ2n) is 4.43. The SMILES string of the molecule is Cc1cccc(C)c1CS(=O)c1cccc(N)c1. The summed E-state index contributed by atoms with van der Waals surface area (Å²) in [7, 11) is -1.05. The van der Waals surface area contributed by atoms with Gasteiger partial charge in [-0.05, 0) is 48.7 Å². The largest absolute Gasteiger partial charge is 0.399 e. The topological polar surface area (TPSA) is 43.1 Å². The Balaban J connectivity index is 2.27. The van der Waals surface area contributed by atoms with Crippen LogP contribution < -0.4 is 5.73 Å². The molecule has 3 heteroatoms. The van der Waals surface area contributed by atoms with Crippen molar-refractivity contribution in [2.45, 2.75) is 24.5 Å². The average molecular weight is 259 g/mol. The Morgan fingerprint density at radius 2 is 1.67 bits per heavy atom. The number of hydrogen-bond acceptors (Lipinski definition) is 2. The Kier molecular flexibility index (Phi) is 3.82. The lowest BCUT2D eigenvalue weighted by molar-refractivity contribution is 0.682. The fourth-order valence-corrected chi connectivity index (χ4v) is 3.33. The van der Waals surface area contributed by atoms with Crippen LogP contribution in [0, 0.1) is 13.8 Å². The van der Waals surface area contributed by atoms with Gasteiger partial charge in [0.15, 0.2) is 0 Å². The van der Waals surface area contributed by atoms with Crippen molar-refractivity contribution >= 4 is 16.5 Å². The number of hydrogen-bond donors (Lipinski definition) is 1. The van der Waals surface area contributed by atoms with E-state index < -0.39 is 10.8 Å². The maximum Gasteiger partial charge on any atom is 0.0575 e. The number of rotatable bonds is 3. The van der Waals surface area contributed by atoms with Crippen molar-refractivity contribution in [2.75, 3.05) is 5.73 Å². The summed E-state index contributed by atoms with van der Waals surface area (Å²) in [5, 5.41) is 0. The highest BCUT2D eigenvalue weighted by atomic mass is 32.2. The van der Waals surface area contributed by atoms with Crippen molar-refractivity contribution in [1.29, 1.82) is 0 Å². The molecule has 0 heterocycles. The maximum atomic E-state index is 12.3. The molecule has 2 N–H and O–H groups in total. The molecule has 2 nitrogen and oxygen atoms in total. The lowest BCUT2D eigenvalue weighted by atomic mass is 10.1. The van der Waals surface area contributed by atoms with Crippen LogP contribution in [0.25, 0.3) is 0 Å². The first-order valence-electron chi connectivity index (χ1n) is 5.87. The molecule has 2 aromatic rings. The molecule has 18 heavy (non-hydrogen) atoms. The van der Waals surface area contributed by atoms with Crippen molar-refractivity contribution in [1.82, 2.24) is 0 Å². The van der Waals surface area contributed by atoms with E-state index in [0.717, 1.165) is 4.90 Å². The summed E-state index contributed by atoms with van der Waals surface area (Å²) in [4.78, 5) is 0.789. The second kappa shape index (κ2) is 5.36. The zero-order valence-electron chi connectivity index (χ0n) is 10.6. The molecular weight excluding hydrogens is 242 g/mol. The third kappa shape index (κ3) is 2.79. The normalized spacial score (nSPS) is 12.3. The highest BCUT2D eigenvalue weighted by Crippen LogP contribution is 2.19. The molecule has 0 amide bonds. The van der Waals surface area contributed by atoms with Crippen molar-refractivity contribution in [3.8, 4) is 0 Å². The molecule has 0 aliphatic rings.